The number of hydrogen-bond acceptors (Lipinski definition) is 3. The van der Waals surface area contributed by atoms with E-state index in [-0.39, 0.29) is 11.5 Å². The van der Waals surface area contributed by atoms with E-state index >= 15 is 0 Å². The number of aliphatic hydroxyl groups is 1. The molecule has 1 aliphatic heterocycles. The molecule has 1 fully saturated rings. The van der Waals surface area contributed by atoms with Crippen LogP contribution in [-0.4, -0.2) is 39.6 Å². The number of aromatic nitrogens is 1. The molecule has 0 atom stereocenters. The van der Waals surface area contributed by atoms with E-state index in [1.54, 1.807) is 0 Å². The van der Waals surface area contributed by atoms with Crippen LogP contribution in [0, 0.1) is 5.82 Å². The fraction of sp³-hybridized carbons (Fsp3) is 0.455. The number of β-amino-alcohol motifs (C(OH)–C–C–N with tert-alkyl or cyclic N) is 1. The third-order valence-electron chi connectivity index (χ3n) is 2.87. The Hall–Kier alpha value is -1.49. The first-order valence-electron chi connectivity index (χ1n) is 5.16. The van der Waals surface area contributed by atoms with Gasteiger partial charge in [0.1, 0.15) is 5.82 Å². The monoisotopic (exact) mass is 224 g/mol. The molecule has 1 aliphatic rings. The molecule has 1 aromatic rings. The Kier molecular flexibility index (Phi) is 2.63. The van der Waals surface area contributed by atoms with Crippen molar-refractivity contribution in [2.75, 3.05) is 13.1 Å². The highest BCUT2D eigenvalue weighted by Gasteiger charge is 2.42. The molecule has 0 aliphatic carbocycles. The van der Waals surface area contributed by atoms with Gasteiger partial charge in [-0.25, -0.2) is 4.39 Å². The van der Waals surface area contributed by atoms with Gasteiger partial charge in [0.15, 0.2) is 0 Å². The second kappa shape index (κ2) is 3.83. The van der Waals surface area contributed by atoms with E-state index in [0.29, 0.717) is 19.5 Å². The summed E-state index contributed by atoms with van der Waals surface area (Å²) in [7, 11) is 0. The minimum Gasteiger partial charge on any atom is -0.386 e. The van der Waals surface area contributed by atoms with E-state index in [9.17, 15) is 14.3 Å². The smallest absolute Gasteiger partial charge is 0.255 e. The lowest BCUT2D eigenvalue weighted by molar-refractivity contribution is -0.0826. The Bertz CT molecular complexity index is 416. The van der Waals surface area contributed by atoms with Crippen molar-refractivity contribution in [2.24, 2.45) is 0 Å². The molecular formula is C11H13FN2O2. The summed E-state index contributed by atoms with van der Waals surface area (Å²) < 4.78 is 12.8. The molecule has 2 heterocycles. The van der Waals surface area contributed by atoms with Gasteiger partial charge in [0.25, 0.3) is 5.91 Å². The van der Waals surface area contributed by atoms with Crippen molar-refractivity contribution < 1.29 is 14.3 Å². The Morgan fingerprint density at radius 1 is 1.62 bits per heavy atom. The summed E-state index contributed by atoms with van der Waals surface area (Å²) >= 11 is 0. The second-order valence-electron chi connectivity index (χ2n) is 4.13. The van der Waals surface area contributed by atoms with E-state index < -0.39 is 11.4 Å². The lowest BCUT2D eigenvalue weighted by Gasteiger charge is -2.46. The van der Waals surface area contributed by atoms with Crippen molar-refractivity contribution in [1.82, 2.24) is 9.88 Å². The number of hydrogen-bond donors (Lipinski definition) is 1. The van der Waals surface area contributed by atoms with E-state index in [1.165, 1.54) is 11.1 Å². The molecule has 0 spiro atoms. The van der Waals surface area contributed by atoms with Gasteiger partial charge in [0.05, 0.1) is 30.5 Å². The summed E-state index contributed by atoms with van der Waals surface area (Å²) in [5.41, 5.74) is -0.547. The van der Waals surface area contributed by atoms with Crippen LogP contribution >= 0.6 is 0 Å². The van der Waals surface area contributed by atoms with Crippen molar-refractivity contribution >= 4 is 5.91 Å². The van der Waals surface area contributed by atoms with E-state index in [1.807, 2.05) is 6.92 Å². The summed E-state index contributed by atoms with van der Waals surface area (Å²) in [6.45, 7) is 2.48. The van der Waals surface area contributed by atoms with Crippen molar-refractivity contribution in [1.29, 1.82) is 0 Å². The molecule has 0 saturated carbocycles. The van der Waals surface area contributed by atoms with Gasteiger partial charge in [-0.05, 0) is 12.5 Å². The Morgan fingerprint density at radius 3 is 2.88 bits per heavy atom. The largest absolute Gasteiger partial charge is 0.386 e. The Labute approximate surface area is 92.7 Å². The van der Waals surface area contributed by atoms with E-state index in [2.05, 4.69) is 4.98 Å². The van der Waals surface area contributed by atoms with Crippen molar-refractivity contribution in [2.45, 2.75) is 18.9 Å². The van der Waals surface area contributed by atoms with Gasteiger partial charge >= 0.3 is 0 Å². The van der Waals surface area contributed by atoms with Crippen LogP contribution < -0.4 is 0 Å². The topological polar surface area (TPSA) is 53.4 Å². The van der Waals surface area contributed by atoms with Crippen molar-refractivity contribution in [3.8, 4) is 0 Å². The minimum atomic E-state index is -0.767. The average Bonchev–Trinajstić information content (AvgIpc) is 2.24. The number of likely N-dealkylation sites (tertiary alicyclic amines) is 1. The predicted molar refractivity (Wildman–Crippen MR) is 55.3 cm³/mol. The van der Waals surface area contributed by atoms with Crippen LogP contribution in [0.1, 0.15) is 23.7 Å². The molecule has 5 heteroatoms. The number of pyridine rings is 1. The second-order valence-corrected chi connectivity index (χ2v) is 4.13. The first kappa shape index (κ1) is 11.0. The highest BCUT2D eigenvalue weighted by molar-refractivity contribution is 5.94. The van der Waals surface area contributed by atoms with Gasteiger partial charge < -0.3 is 10.0 Å². The molecule has 1 N–H and O–H groups in total. The van der Waals surface area contributed by atoms with Gasteiger partial charge in [-0.1, -0.05) is 6.92 Å². The molecule has 86 valence electrons. The number of nitrogens with zero attached hydrogens (tertiary/aromatic N) is 2. The van der Waals surface area contributed by atoms with E-state index in [4.69, 9.17) is 0 Å². The molecule has 1 aromatic heterocycles. The highest BCUT2D eigenvalue weighted by atomic mass is 19.1. The molecule has 1 saturated heterocycles. The maximum Gasteiger partial charge on any atom is 0.255 e. The van der Waals surface area contributed by atoms with Crippen LogP contribution in [0.3, 0.4) is 0 Å². The van der Waals surface area contributed by atoms with Crippen LogP contribution in [0.2, 0.25) is 0 Å². The summed E-state index contributed by atoms with van der Waals surface area (Å²) in [5, 5.41) is 9.76. The van der Waals surface area contributed by atoms with Gasteiger partial charge in [0.2, 0.25) is 0 Å². The third-order valence-corrected chi connectivity index (χ3v) is 2.87. The molecule has 16 heavy (non-hydrogen) atoms. The molecule has 1 amide bonds. The van der Waals surface area contributed by atoms with Gasteiger partial charge in [-0.15, -0.1) is 0 Å². The molecule has 0 radical (unpaired) electrons. The summed E-state index contributed by atoms with van der Waals surface area (Å²) in [6, 6.07) is 1.15. The molecule has 0 aromatic carbocycles. The summed E-state index contributed by atoms with van der Waals surface area (Å²) in [4.78, 5) is 16.9. The number of amides is 1. The van der Waals surface area contributed by atoms with Gasteiger partial charge in [-0.2, -0.15) is 0 Å². The van der Waals surface area contributed by atoms with Crippen LogP contribution in [0.4, 0.5) is 4.39 Å². The summed E-state index contributed by atoms with van der Waals surface area (Å²) in [6.07, 6.45) is 2.99. The maximum atomic E-state index is 12.8. The SMILES string of the molecule is CCC1(O)CN(C(=O)c2cncc(F)c2)C1. The zero-order chi connectivity index (χ0) is 11.8. The lowest BCUT2D eigenvalue weighted by atomic mass is 9.91. The number of carbonyl (C=O) groups is 1. The van der Waals surface area contributed by atoms with Crippen LogP contribution in [0.5, 0.6) is 0 Å². The van der Waals surface area contributed by atoms with Gasteiger partial charge in [-0.3, -0.25) is 9.78 Å². The number of carbonyl (C=O) groups excluding carboxylic acids is 1. The molecular weight excluding hydrogens is 211 g/mol. The fourth-order valence-electron chi connectivity index (χ4n) is 1.74. The molecule has 0 bridgehead atoms. The molecule has 4 nitrogen and oxygen atoms in total. The zero-order valence-corrected chi connectivity index (χ0v) is 8.98. The summed E-state index contributed by atoms with van der Waals surface area (Å²) in [5.74, 6) is -0.817. The van der Waals surface area contributed by atoms with Crippen LogP contribution in [-0.2, 0) is 0 Å². The highest BCUT2D eigenvalue weighted by Crippen LogP contribution is 2.25. The third kappa shape index (κ3) is 1.90. The normalized spacial score (nSPS) is 18.1. The Morgan fingerprint density at radius 2 is 2.31 bits per heavy atom. The first-order chi connectivity index (χ1) is 7.54. The number of rotatable bonds is 2. The van der Waals surface area contributed by atoms with Crippen LogP contribution in [0.15, 0.2) is 18.5 Å². The van der Waals surface area contributed by atoms with Crippen molar-refractivity contribution in [3.63, 3.8) is 0 Å². The zero-order valence-electron chi connectivity index (χ0n) is 8.98. The average molecular weight is 224 g/mol. The van der Waals surface area contributed by atoms with Gasteiger partial charge in [0, 0.05) is 6.20 Å². The lowest BCUT2D eigenvalue weighted by Crippen LogP contribution is -2.63. The predicted octanol–water partition coefficient (Wildman–Crippen LogP) is 0.818. The maximum absolute atomic E-state index is 12.8. The quantitative estimate of drug-likeness (QED) is 0.809. The minimum absolute atomic E-state index is 0.221. The standard InChI is InChI=1S/C11H13FN2O2/c1-2-11(16)6-14(7-11)10(15)8-3-9(12)5-13-4-8/h3-5,16H,2,6-7H2,1H3. The number of halogens is 1. The van der Waals surface area contributed by atoms with E-state index in [0.717, 1.165) is 12.3 Å². The molecule has 2 rings (SSSR count). The molecule has 0 unspecified atom stereocenters. The van der Waals surface area contributed by atoms with Crippen LogP contribution in [0.25, 0.3) is 0 Å². The fourth-order valence-corrected chi connectivity index (χ4v) is 1.74. The van der Waals surface area contributed by atoms with Crippen molar-refractivity contribution in [3.05, 3.63) is 29.8 Å². The Balaban J connectivity index is 2.06. The first-order valence-corrected chi connectivity index (χ1v) is 5.16.